The van der Waals surface area contributed by atoms with E-state index < -0.39 is 0 Å². The third kappa shape index (κ3) is 5.47. The summed E-state index contributed by atoms with van der Waals surface area (Å²) in [6, 6.07) is 10.5. The molecule has 1 amide bonds. The van der Waals surface area contributed by atoms with Crippen LogP contribution in [0.3, 0.4) is 0 Å². The monoisotopic (exact) mass is 446 g/mol. The summed E-state index contributed by atoms with van der Waals surface area (Å²) in [5.41, 5.74) is 1.01. The van der Waals surface area contributed by atoms with Gasteiger partial charge in [0.05, 0.1) is 30.5 Å². The number of hydrogen-bond donors (Lipinski definition) is 2. The average Bonchev–Trinajstić information content (AvgIpc) is 3.12. The van der Waals surface area contributed by atoms with Crippen LogP contribution in [0.1, 0.15) is 31.2 Å². The molecule has 168 valence electrons. The van der Waals surface area contributed by atoms with Crippen LogP contribution in [-0.2, 0) is 21.5 Å². The number of halogens is 1. The fraction of sp³-hybridized carbons (Fsp3) is 0.565. The summed E-state index contributed by atoms with van der Waals surface area (Å²) >= 11 is 5.90. The van der Waals surface area contributed by atoms with E-state index in [1.54, 1.807) is 6.20 Å². The zero-order valence-corrected chi connectivity index (χ0v) is 18.5. The second-order valence-electron chi connectivity index (χ2n) is 8.64. The van der Waals surface area contributed by atoms with Crippen molar-refractivity contribution in [3.63, 3.8) is 0 Å². The number of aliphatic hydroxyl groups is 1. The molecule has 0 radical (unpaired) electrons. The van der Waals surface area contributed by atoms with Crippen LogP contribution in [0.2, 0.25) is 5.02 Å². The van der Waals surface area contributed by atoms with Gasteiger partial charge in [-0.3, -0.25) is 14.4 Å². The van der Waals surface area contributed by atoms with Crippen molar-refractivity contribution in [2.75, 3.05) is 32.8 Å². The number of carbonyl (C=O) groups excluding carboxylic acids is 1. The standard InChI is InChI=1S/C23H31ClN4O3/c24-19-14-26-28(15-19)16-22(30)25-17-23(18-4-2-1-3-5-18)8-6-20(21(29)7-9-23)27-10-12-31-13-11-27/h1-5,14-15,20-21,29H,6-13,16-17H2,(H,25,30)/t20-,21-,23-/m1/s1. The van der Waals surface area contributed by atoms with Gasteiger partial charge in [-0.05, 0) is 31.2 Å². The van der Waals surface area contributed by atoms with Gasteiger partial charge in [0.2, 0.25) is 5.91 Å². The van der Waals surface area contributed by atoms with E-state index >= 15 is 0 Å². The molecule has 2 aliphatic rings. The molecule has 1 aromatic carbocycles. The van der Waals surface area contributed by atoms with E-state index in [9.17, 15) is 9.90 Å². The van der Waals surface area contributed by atoms with E-state index in [4.69, 9.17) is 16.3 Å². The van der Waals surface area contributed by atoms with Crippen LogP contribution in [0.15, 0.2) is 42.7 Å². The van der Waals surface area contributed by atoms with Gasteiger partial charge in [-0.25, -0.2) is 0 Å². The maximum atomic E-state index is 12.6. The van der Waals surface area contributed by atoms with Crippen LogP contribution in [0.5, 0.6) is 0 Å². The van der Waals surface area contributed by atoms with E-state index in [0.717, 1.165) is 45.6 Å². The Hall–Kier alpha value is -1.93. The number of morpholine rings is 1. The first kappa shape index (κ1) is 22.3. The first-order chi connectivity index (χ1) is 15.1. The Kier molecular flexibility index (Phi) is 7.27. The second-order valence-corrected chi connectivity index (χ2v) is 9.08. The van der Waals surface area contributed by atoms with E-state index in [-0.39, 0.29) is 30.0 Å². The van der Waals surface area contributed by atoms with Crippen LogP contribution >= 0.6 is 11.6 Å². The second kappa shape index (κ2) is 10.1. The lowest BCUT2D eigenvalue weighted by Crippen LogP contribution is -2.48. The first-order valence-corrected chi connectivity index (χ1v) is 11.4. The maximum absolute atomic E-state index is 12.6. The highest BCUT2D eigenvalue weighted by molar-refractivity contribution is 6.30. The molecule has 0 bridgehead atoms. The number of nitrogens with zero attached hydrogens (tertiary/aromatic N) is 3. The molecule has 31 heavy (non-hydrogen) atoms. The topological polar surface area (TPSA) is 79.6 Å². The summed E-state index contributed by atoms with van der Waals surface area (Å²) < 4.78 is 7.04. The Morgan fingerprint density at radius 1 is 1.23 bits per heavy atom. The van der Waals surface area contributed by atoms with E-state index in [2.05, 4.69) is 27.4 Å². The minimum atomic E-state index is -0.370. The Morgan fingerprint density at radius 3 is 2.68 bits per heavy atom. The summed E-state index contributed by atoms with van der Waals surface area (Å²) in [5, 5.41) is 18.7. The van der Waals surface area contributed by atoms with E-state index in [1.165, 1.54) is 16.4 Å². The molecule has 1 saturated carbocycles. The largest absolute Gasteiger partial charge is 0.391 e. The predicted molar refractivity (Wildman–Crippen MR) is 119 cm³/mol. The summed E-state index contributed by atoms with van der Waals surface area (Å²) in [6.45, 7) is 3.84. The molecule has 2 fully saturated rings. The van der Waals surface area contributed by atoms with Gasteiger partial charge < -0.3 is 15.2 Å². The van der Waals surface area contributed by atoms with Gasteiger partial charge in [-0.15, -0.1) is 0 Å². The molecular weight excluding hydrogens is 416 g/mol. The summed E-state index contributed by atoms with van der Waals surface area (Å²) in [4.78, 5) is 15.0. The number of benzene rings is 1. The Balaban J connectivity index is 1.48. The lowest BCUT2D eigenvalue weighted by molar-refractivity contribution is -0.122. The summed E-state index contributed by atoms with van der Waals surface area (Å²) in [6.07, 6.45) is 6.13. The number of carbonyl (C=O) groups is 1. The maximum Gasteiger partial charge on any atom is 0.241 e. The van der Waals surface area contributed by atoms with Crippen LogP contribution in [0.25, 0.3) is 0 Å². The van der Waals surface area contributed by atoms with Crippen LogP contribution in [-0.4, -0.2) is 70.7 Å². The predicted octanol–water partition coefficient (Wildman–Crippen LogP) is 2.23. The quantitative estimate of drug-likeness (QED) is 0.665. The number of ether oxygens (including phenoxy) is 1. The van der Waals surface area contributed by atoms with Gasteiger partial charge in [0.15, 0.2) is 0 Å². The molecule has 7 nitrogen and oxygen atoms in total. The Labute approximate surface area is 188 Å². The van der Waals surface area contributed by atoms with Crippen molar-refractivity contribution in [2.45, 2.75) is 49.8 Å². The van der Waals surface area contributed by atoms with Crippen LogP contribution in [0, 0.1) is 0 Å². The SMILES string of the molecule is O=C(Cn1cc(Cl)cn1)NC[C@]1(c2ccccc2)CC[C@@H](O)[C@H](N2CCOCC2)CC1. The number of nitrogens with one attached hydrogen (secondary N) is 1. The first-order valence-electron chi connectivity index (χ1n) is 11.1. The number of rotatable bonds is 6. The van der Waals surface area contributed by atoms with Gasteiger partial charge in [-0.2, -0.15) is 5.10 Å². The van der Waals surface area contributed by atoms with Crippen molar-refractivity contribution in [3.8, 4) is 0 Å². The van der Waals surface area contributed by atoms with Crippen molar-refractivity contribution in [2.24, 2.45) is 0 Å². The smallest absolute Gasteiger partial charge is 0.241 e. The van der Waals surface area contributed by atoms with Crippen molar-refractivity contribution >= 4 is 17.5 Å². The Morgan fingerprint density at radius 2 is 1.97 bits per heavy atom. The summed E-state index contributed by atoms with van der Waals surface area (Å²) in [5.74, 6) is -0.0930. The number of aromatic nitrogens is 2. The van der Waals surface area contributed by atoms with Gasteiger partial charge in [0.1, 0.15) is 6.54 Å². The lowest BCUT2D eigenvalue weighted by atomic mass is 9.74. The molecule has 2 heterocycles. The molecule has 1 aliphatic carbocycles. The zero-order chi connectivity index (χ0) is 21.7. The Bertz CT molecular complexity index is 856. The molecule has 8 heteroatoms. The molecule has 0 spiro atoms. The molecule has 0 unspecified atom stereocenters. The third-order valence-corrected chi connectivity index (χ3v) is 6.91. The van der Waals surface area contributed by atoms with Crippen LogP contribution in [0.4, 0.5) is 0 Å². The fourth-order valence-electron chi connectivity index (χ4n) is 4.95. The average molecular weight is 447 g/mol. The zero-order valence-electron chi connectivity index (χ0n) is 17.8. The molecule has 1 saturated heterocycles. The lowest BCUT2D eigenvalue weighted by Gasteiger charge is -2.37. The van der Waals surface area contributed by atoms with Crippen molar-refractivity contribution in [1.29, 1.82) is 0 Å². The summed E-state index contributed by atoms with van der Waals surface area (Å²) in [7, 11) is 0. The third-order valence-electron chi connectivity index (χ3n) is 6.71. The molecule has 1 aromatic heterocycles. The van der Waals surface area contributed by atoms with Gasteiger partial charge in [0.25, 0.3) is 0 Å². The van der Waals surface area contributed by atoms with E-state index in [0.29, 0.717) is 18.0 Å². The molecule has 2 N–H and O–H groups in total. The molecule has 1 aliphatic heterocycles. The highest BCUT2D eigenvalue weighted by atomic mass is 35.5. The highest BCUT2D eigenvalue weighted by Gasteiger charge is 2.40. The number of hydrogen-bond acceptors (Lipinski definition) is 5. The van der Waals surface area contributed by atoms with E-state index in [1.807, 2.05) is 18.2 Å². The van der Waals surface area contributed by atoms with Gasteiger partial charge in [0, 0.05) is 37.3 Å². The molecular formula is C23H31ClN4O3. The van der Waals surface area contributed by atoms with Crippen molar-refractivity contribution in [1.82, 2.24) is 20.0 Å². The van der Waals surface area contributed by atoms with Crippen molar-refractivity contribution < 1.29 is 14.6 Å². The van der Waals surface area contributed by atoms with Crippen LogP contribution < -0.4 is 5.32 Å². The molecule has 2 aromatic rings. The number of aliphatic hydroxyl groups excluding tert-OH is 1. The highest BCUT2D eigenvalue weighted by Crippen LogP contribution is 2.39. The minimum absolute atomic E-state index is 0.0930. The van der Waals surface area contributed by atoms with Crippen molar-refractivity contribution in [3.05, 3.63) is 53.3 Å². The fourth-order valence-corrected chi connectivity index (χ4v) is 5.10. The molecule has 4 rings (SSSR count). The van der Waals surface area contributed by atoms with Gasteiger partial charge in [-0.1, -0.05) is 41.9 Å². The molecule has 3 atom stereocenters. The normalized spacial score (nSPS) is 27.5. The number of amides is 1. The van der Waals surface area contributed by atoms with Gasteiger partial charge >= 0.3 is 0 Å². The minimum Gasteiger partial charge on any atom is -0.391 e.